The molecule has 0 saturated heterocycles. The summed E-state index contributed by atoms with van der Waals surface area (Å²) in [5.74, 6) is 0. The van der Waals surface area contributed by atoms with E-state index in [9.17, 15) is 4.79 Å². The van der Waals surface area contributed by atoms with E-state index in [2.05, 4.69) is 0 Å². The van der Waals surface area contributed by atoms with Crippen LogP contribution in [0.25, 0.3) is 11.1 Å². The van der Waals surface area contributed by atoms with E-state index in [1.54, 1.807) is 30.3 Å². The first kappa shape index (κ1) is 12.4. The molecule has 0 aliphatic carbocycles. The fourth-order valence-corrected chi connectivity index (χ4v) is 2.03. The van der Waals surface area contributed by atoms with Gasteiger partial charge in [0.1, 0.15) is 0 Å². The molecule has 86 valence electrons. The summed E-state index contributed by atoms with van der Waals surface area (Å²) in [7, 11) is 0. The third-order valence-electron chi connectivity index (χ3n) is 2.35. The molecule has 0 aliphatic heterocycles. The van der Waals surface area contributed by atoms with Gasteiger partial charge in [-0.1, -0.05) is 41.4 Å². The van der Waals surface area contributed by atoms with E-state index in [0.717, 1.165) is 11.1 Å². The van der Waals surface area contributed by atoms with Gasteiger partial charge in [0.05, 0.1) is 0 Å². The first-order chi connectivity index (χ1) is 8.08. The molecule has 2 rings (SSSR count). The average molecular weight is 286 g/mol. The van der Waals surface area contributed by atoms with Crippen LogP contribution in [0.3, 0.4) is 0 Å². The highest BCUT2D eigenvalue weighted by Crippen LogP contribution is 2.29. The molecule has 0 amide bonds. The largest absolute Gasteiger partial charge is 0.276 e. The zero-order valence-corrected chi connectivity index (χ0v) is 10.9. The van der Waals surface area contributed by atoms with Gasteiger partial charge in [0.2, 0.25) is 0 Å². The summed E-state index contributed by atoms with van der Waals surface area (Å²) >= 11 is 17.3. The Labute approximate surface area is 114 Å². The summed E-state index contributed by atoms with van der Waals surface area (Å²) in [6.45, 7) is 0. The van der Waals surface area contributed by atoms with Crippen LogP contribution in [0.15, 0.2) is 42.5 Å². The lowest BCUT2D eigenvalue weighted by Gasteiger charge is -2.05. The minimum Gasteiger partial charge on any atom is -0.276 e. The fraction of sp³-hybridized carbons (Fsp3) is 0. The number of benzene rings is 2. The van der Waals surface area contributed by atoms with Crippen LogP contribution in [-0.2, 0) is 0 Å². The second-order valence-corrected chi connectivity index (χ2v) is 4.66. The Morgan fingerprint density at radius 2 is 1.59 bits per heavy atom. The molecule has 2 aromatic carbocycles. The second kappa shape index (κ2) is 5.09. The van der Waals surface area contributed by atoms with Crippen molar-refractivity contribution in [2.75, 3.05) is 0 Å². The average Bonchev–Trinajstić information content (AvgIpc) is 2.30. The fourth-order valence-electron chi connectivity index (χ4n) is 1.50. The van der Waals surface area contributed by atoms with Gasteiger partial charge in [-0.15, -0.1) is 0 Å². The van der Waals surface area contributed by atoms with E-state index < -0.39 is 5.24 Å². The van der Waals surface area contributed by atoms with Crippen LogP contribution in [0.1, 0.15) is 10.4 Å². The predicted molar refractivity (Wildman–Crippen MR) is 72.1 cm³/mol. The van der Waals surface area contributed by atoms with Gasteiger partial charge in [-0.25, -0.2) is 0 Å². The second-order valence-electron chi connectivity index (χ2n) is 3.48. The van der Waals surface area contributed by atoms with Crippen LogP contribution >= 0.6 is 34.8 Å². The molecule has 0 unspecified atom stereocenters. The van der Waals surface area contributed by atoms with Crippen molar-refractivity contribution in [3.63, 3.8) is 0 Å². The number of carbonyl (C=O) groups is 1. The SMILES string of the molecule is O=C(Cl)c1ccc(-c2ccc(Cl)cc2)c(Cl)c1. The van der Waals surface area contributed by atoms with Crippen molar-refractivity contribution in [3.05, 3.63) is 58.1 Å². The monoisotopic (exact) mass is 284 g/mol. The lowest BCUT2D eigenvalue weighted by molar-refractivity contribution is 0.108. The van der Waals surface area contributed by atoms with E-state index in [4.69, 9.17) is 34.8 Å². The minimum atomic E-state index is -0.519. The maximum absolute atomic E-state index is 11.0. The van der Waals surface area contributed by atoms with Gasteiger partial charge >= 0.3 is 0 Å². The van der Waals surface area contributed by atoms with Crippen LogP contribution < -0.4 is 0 Å². The first-order valence-electron chi connectivity index (χ1n) is 4.83. The molecule has 0 N–H and O–H groups in total. The van der Waals surface area contributed by atoms with Gasteiger partial charge in [0, 0.05) is 21.2 Å². The standard InChI is InChI=1S/C13H7Cl3O/c14-10-4-1-8(2-5-10)11-6-3-9(13(16)17)7-12(11)15/h1-7H. The van der Waals surface area contributed by atoms with Crippen LogP contribution in [-0.4, -0.2) is 5.24 Å². The molecule has 17 heavy (non-hydrogen) atoms. The number of carbonyl (C=O) groups excluding carboxylic acids is 1. The molecule has 0 aliphatic rings. The summed E-state index contributed by atoms with van der Waals surface area (Å²) in [6.07, 6.45) is 0. The van der Waals surface area contributed by atoms with Crippen molar-refractivity contribution >= 4 is 40.0 Å². The number of hydrogen-bond acceptors (Lipinski definition) is 1. The molecular formula is C13H7Cl3O. The third-order valence-corrected chi connectivity index (χ3v) is 3.13. The van der Waals surface area contributed by atoms with Crippen molar-refractivity contribution in [3.8, 4) is 11.1 Å². The lowest BCUT2D eigenvalue weighted by atomic mass is 10.0. The Hall–Kier alpha value is -1.02. The highest BCUT2D eigenvalue weighted by atomic mass is 35.5. The normalized spacial score (nSPS) is 10.3. The molecule has 0 aromatic heterocycles. The molecule has 2 aromatic rings. The zero-order valence-electron chi connectivity index (χ0n) is 8.58. The van der Waals surface area contributed by atoms with E-state index in [0.29, 0.717) is 15.6 Å². The Balaban J connectivity index is 2.46. The number of rotatable bonds is 2. The summed E-state index contributed by atoms with van der Waals surface area (Å²) in [5.41, 5.74) is 2.16. The molecule has 1 nitrogen and oxygen atoms in total. The molecule has 0 fully saturated rings. The quantitative estimate of drug-likeness (QED) is 0.707. The van der Waals surface area contributed by atoms with E-state index in [1.165, 1.54) is 0 Å². The number of hydrogen-bond donors (Lipinski definition) is 0. The number of halogens is 3. The molecule has 0 heterocycles. The smallest absolute Gasteiger partial charge is 0.252 e. The van der Waals surface area contributed by atoms with Gasteiger partial charge in [-0.3, -0.25) is 4.79 Å². The van der Waals surface area contributed by atoms with Crippen molar-refractivity contribution in [2.24, 2.45) is 0 Å². The molecule has 4 heteroatoms. The third kappa shape index (κ3) is 2.81. The maximum Gasteiger partial charge on any atom is 0.252 e. The zero-order chi connectivity index (χ0) is 12.4. The van der Waals surface area contributed by atoms with Gasteiger partial charge in [-0.2, -0.15) is 0 Å². The predicted octanol–water partition coefficient (Wildman–Crippen LogP) is 5.04. The topological polar surface area (TPSA) is 17.1 Å². The van der Waals surface area contributed by atoms with Crippen LogP contribution in [0.5, 0.6) is 0 Å². The van der Waals surface area contributed by atoms with Crippen molar-refractivity contribution < 1.29 is 4.79 Å². The highest BCUT2D eigenvalue weighted by molar-refractivity contribution is 6.67. The van der Waals surface area contributed by atoms with E-state index in [-0.39, 0.29) is 0 Å². The molecule has 0 atom stereocenters. The van der Waals surface area contributed by atoms with Crippen molar-refractivity contribution in [1.82, 2.24) is 0 Å². The summed E-state index contributed by atoms with van der Waals surface area (Å²) in [6, 6.07) is 12.3. The Morgan fingerprint density at radius 3 is 2.12 bits per heavy atom. The molecule has 0 bridgehead atoms. The van der Waals surface area contributed by atoms with Crippen molar-refractivity contribution in [1.29, 1.82) is 0 Å². The van der Waals surface area contributed by atoms with Gasteiger partial charge in [0.25, 0.3) is 5.24 Å². The Morgan fingerprint density at radius 1 is 0.941 bits per heavy atom. The molecular weight excluding hydrogens is 279 g/mol. The van der Waals surface area contributed by atoms with Gasteiger partial charge in [-0.05, 0) is 41.4 Å². The van der Waals surface area contributed by atoms with Crippen LogP contribution in [0, 0.1) is 0 Å². The van der Waals surface area contributed by atoms with E-state index >= 15 is 0 Å². The molecule has 0 radical (unpaired) electrons. The summed E-state index contributed by atoms with van der Waals surface area (Å²) in [5, 5.41) is 0.630. The minimum absolute atomic E-state index is 0.384. The van der Waals surface area contributed by atoms with Crippen molar-refractivity contribution in [2.45, 2.75) is 0 Å². The van der Waals surface area contributed by atoms with E-state index in [1.807, 2.05) is 12.1 Å². The lowest BCUT2D eigenvalue weighted by Crippen LogP contribution is -1.89. The summed E-state index contributed by atoms with van der Waals surface area (Å²) < 4.78 is 0. The Kier molecular flexibility index (Phi) is 3.72. The Bertz CT molecular complexity index is 561. The van der Waals surface area contributed by atoms with Gasteiger partial charge < -0.3 is 0 Å². The van der Waals surface area contributed by atoms with Crippen LogP contribution in [0.4, 0.5) is 0 Å². The maximum atomic E-state index is 11.0. The summed E-state index contributed by atoms with van der Waals surface area (Å²) in [4.78, 5) is 11.0. The molecule has 0 saturated carbocycles. The molecule has 0 spiro atoms. The highest BCUT2D eigenvalue weighted by Gasteiger charge is 2.07. The van der Waals surface area contributed by atoms with Gasteiger partial charge in [0.15, 0.2) is 0 Å². The first-order valence-corrected chi connectivity index (χ1v) is 5.96. The van der Waals surface area contributed by atoms with Crippen LogP contribution in [0.2, 0.25) is 10.0 Å².